The van der Waals surface area contributed by atoms with Gasteiger partial charge in [0.2, 0.25) is 0 Å². The molecule has 0 aromatic heterocycles. The van der Waals surface area contributed by atoms with Crippen molar-refractivity contribution in [3.63, 3.8) is 0 Å². The van der Waals surface area contributed by atoms with E-state index >= 15 is 0 Å². The maximum atomic E-state index is 13.0. The Morgan fingerprint density at radius 1 is 1.16 bits per heavy atom. The molecule has 0 radical (unpaired) electrons. The van der Waals surface area contributed by atoms with Gasteiger partial charge in [-0.25, -0.2) is 9.38 Å². The van der Waals surface area contributed by atoms with Gasteiger partial charge in [0.25, 0.3) is 5.91 Å². The van der Waals surface area contributed by atoms with E-state index in [1.165, 1.54) is 23.9 Å². The number of benzene rings is 3. The summed E-state index contributed by atoms with van der Waals surface area (Å²) in [5.74, 6) is 0.172. The van der Waals surface area contributed by atoms with Gasteiger partial charge in [0.1, 0.15) is 18.2 Å². The summed E-state index contributed by atoms with van der Waals surface area (Å²) in [6.07, 6.45) is 1.80. The molecule has 0 aliphatic carbocycles. The van der Waals surface area contributed by atoms with E-state index in [4.69, 9.17) is 16.3 Å². The molecular formula is C24H17BrClFN2O2S. The lowest BCUT2D eigenvalue weighted by Gasteiger charge is -2.09. The van der Waals surface area contributed by atoms with Gasteiger partial charge in [0.05, 0.1) is 15.1 Å². The van der Waals surface area contributed by atoms with Crippen LogP contribution >= 0.6 is 39.3 Å². The van der Waals surface area contributed by atoms with Gasteiger partial charge in [0.15, 0.2) is 5.17 Å². The number of aryl methyl sites for hydroxylation is 1. The molecule has 4 rings (SSSR count). The van der Waals surface area contributed by atoms with Gasteiger partial charge < -0.3 is 10.1 Å². The van der Waals surface area contributed by atoms with Crippen LogP contribution < -0.4 is 10.1 Å². The Labute approximate surface area is 202 Å². The van der Waals surface area contributed by atoms with Gasteiger partial charge in [-0.3, -0.25) is 4.79 Å². The fraction of sp³-hybridized carbons (Fsp3) is 0.0833. The maximum absolute atomic E-state index is 13.0. The van der Waals surface area contributed by atoms with Crippen molar-refractivity contribution in [3.05, 3.63) is 97.6 Å². The molecule has 4 nitrogen and oxygen atoms in total. The molecule has 0 bridgehead atoms. The number of halogens is 3. The summed E-state index contributed by atoms with van der Waals surface area (Å²) in [5, 5.41) is 3.96. The second-order valence-electron chi connectivity index (χ2n) is 7.02. The number of amidine groups is 1. The van der Waals surface area contributed by atoms with E-state index in [0.717, 1.165) is 26.9 Å². The van der Waals surface area contributed by atoms with Gasteiger partial charge in [0, 0.05) is 5.02 Å². The first-order chi connectivity index (χ1) is 15.4. The van der Waals surface area contributed by atoms with Crippen LogP contribution in [0, 0.1) is 12.7 Å². The molecule has 1 heterocycles. The van der Waals surface area contributed by atoms with E-state index in [2.05, 4.69) is 26.2 Å². The van der Waals surface area contributed by atoms with Crippen molar-refractivity contribution in [2.75, 3.05) is 0 Å². The molecule has 0 spiro atoms. The second kappa shape index (κ2) is 9.90. The van der Waals surface area contributed by atoms with E-state index in [9.17, 15) is 9.18 Å². The van der Waals surface area contributed by atoms with Crippen LogP contribution in [0.1, 0.15) is 16.7 Å². The minimum absolute atomic E-state index is 0.201. The fourth-order valence-electron chi connectivity index (χ4n) is 2.95. The Kier molecular flexibility index (Phi) is 6.98. The summed E-state index contributed by atoms with van der Waals surface area (Å²) >= 11 is 10.8. The highest BCUT2D eigenvalue weighted by atomic mass is 79.9. The summed E-state index contributed by atoms with van der Waals surface area (Å²) in [7, 11) is 0. The highest BCUT2D eigenvalue weighted by Crippen LogP contribution is 2.32. The number of carbonyl (C=O) groups is 1. The molecule has 32 heavy (non-hydrogen) atoms. The molecule has 0 atom stereocenters. The first-order valence-electron chi connectivity index (χ1n) is 9.60. The van der Waals surface area contributed by atoms with Crippen molar-refractivity contribution in [3.8, 4) is 5.75 Å². The quantitative estimate of drug-likeness (QED) is 0.360. The third-order valence-electron chi connectivity index (χ3n) is 4.59. The average Bonchev–Trinajstić information content (AvgIpc) is 3.09. The zero-order valence-electron chi connectivity index (χ0n) is 16.9. The summed E-state index contributed by atoms with van der Waals surface area (Å²) in [6.45, 7) is 2.24. The molecule has 3 aromatic carbocycles. The number of rotatable bonds is 5. The van der Waals surface area contributed by atoms with Crippen molar-refractivity contribution >= 4 is 62.1 Å². The third-order valence-corrected chi connectivity index (χ3v) is 6.36. The number of carbonyl (C=O) groups excluding carboxylic acids is 1. The fourth-order valence-corrected chi connectivity index (χ4v) is 4.52. The average molecular weight is 532 g/mol. The lowest BCUT2D eigenvalue weighted by atomic mass is 10.2. The normalized spacial score (nSPS) is 15.9. The van der Waals surface area contributed by atoms with Crippen LogP contribution in [0.5, 0.6) is 5.75 Å². The topological polar surface area (TPSA) is 50.7 Å². The predicted octanol–water partition coefficient (Wildman–Crippen LogP) is 7.02. The lowest BCUT2D eigenvalue weighted by molar-refractivity contribution is -0.115. The van der Waals surface area contributed by atoms with E-state index in [1.807, 2.05) is 37.3 Å². The zero-order valence-corrected chi connectivity index (χ0v) is 20.0. The maximum Gasteiger partial charge on any atom is 0.264 e. The number of hydrogen-bond donors (Lipinski definition) is 1. The molecule has 8 heteroatoms. The van der Waals surface area contributed by atoms with Crippen LogP contribution in [-0.4, -0.2) is 11.1 Å². The van der Waals surface area contributed by atoms with Gasteiger partial charge >= 0.3 is 0 Å². The Balaban J connectivity index is 1.46. The standard InChI is InChI=1S/C24H17BrClFN2O2S/c1-14-10-17(26)5-8-20(14)28-24-29-23(30)22(32-24)12-16-4-9-21(19(25)11-16)31-13-15-2-6-18(27)7-3-15/h2-12H,13H2,1H3,(H,28,29,30)/b22-12-. The zero-order chi connectivity index (χ0) is 22.7. The first kappa shape index (κ1) is 22.6. The SMILES string of the molecule is Cc1cc(Cl)ccc1N=C1NC(=O)/C(=C/c2ccc(OCc3ccc(F)cc3)c(Br)c2)S1. The number of aliphatic imine (C=N–C) groups is 1. The molecule has 0 unspecified atom stereocenters. The Morgan fingerprint density at radius 3 is 2.66 bits per heavy atom. The Bertz CT molecular complexity index is 1250. The number of amides is 1. The van der Waals surface area contributed by atoms with Crippen LogP contribution in [0.3, 0.4) is 0 Å². The lowest BCUT2D eigenvalue weighted by Crippen LogP contribution is -2.19. The van der Waals surface area contributed by atoms with Crippen LogP contribution in [0.4, 0.5) is 10.1 Å². The highest BCUT2D eigenvalue weighted by Gasteiger charge is 2.24. The van der Waals surface area contributed by atoms with Crippen molar-refractivity contribution in [2.45, 2.75) is 13.5 Å². The van der Waals surface area contributed by atoms with Crippen molar-refractivity contribution in [2.24, 2.45) is 4.99 Å². The molecule has 1 fully saturated rings. The molecule has 1 saturated heterocycles. The minimum Gasteiger partial charge on any atom is -0.488 e. The molecule has 3 aromatic rings. The summed E-state index contributed by atoms with van der Waals surface area (Å²) in [4.78, 5) is 17.5. The highest BCUT2D eigenvalue weighted by molar-refractivity contribution is 9.10. The van der Waals surface area contributed by atoms with Crippen molar-refractivity contribution < 1.29 is 13.9 Å². The number of thioether (sulfide) groups is 1. The molecule has 1 N–H and O–H groups in total. The molecule has 162 valence electrons. The number of nitrogens with zero attached hydrogens (tertiary/aromatic N) is 1. The largest absolute Gasteiger partial charge is 0.488 e. The Hall–Kier alpha value is -2.61. The number of nitrogens with one attached hydrogen (secondary N) is 1. The van der Waals surface area contributed by atoms with Gasteiger partial charge in [-0.1, -0.05) is 29.8 Å². The molecule has 0 saturated carbocycles. The van der Waals surface area contributed by atoms with E-state index in [0.29, 0.717) is 27.5 Å². The summed E-state index contributed by atoms with van der Waals surface area (Å²) < 4.78 is 19.6. The molecule has 1 aliphatic rings. The van der Waals surface area contributed by atoms with Gasteiger partial charge in [-0.05, 0) is 99.8 Å². The van der Waals surface area contributed by atoms with Crippen molar-refractivity contribution in [1.82, 2.24) is 5.32 Å². The minimum atomic E-state index is -0.280. The summed E-state index contributed by atoms with van der Waals surface area (Å²) in [6, 6.07) is 17.1. The summed E-state index contributed by atoms with van der Waals surface area (Å²) in [5.41, 5.74) is 3.39. The Morgan fingerprint density at radius 2 is 1.94 bits per heavy atom. The van der Waals surface area contributed by atoms with Crippen LogP contribution in [-0.2, 0) is 11.4 Å². The number of ether oxygens (including phenoxy) is 1. The van der Waals surface area contributed by atoms with E-state index in [-0.39, 0.29) is 11.7 Å². The number of hydrogen-bond acceptors (Lipinski definition) is 4. The molecule has 1 aliphatic heterocycles. The van der Waals surface area contributed by atoms with E-state index in [1.54, 1.807) is 24.3 Å². The smallest absolute Gasteiger partial charge is 0.264 e. The first-order valence-corrected chi connectivity index (χ1v) is 11.6. The third kappa shape index (κ3) is 5.59. The van der Waals surface area contributed by atoms with Crippen LogP contribution in [0.2, 0.25) is 5.02 Å². The van der Waals surface area contributed by atoms with Crippen LogP contribution in [0.25, 0.3) is 6.08 Å². The second-order valence-corrected chi connectivity index (χ2v) is 9.34. The van der Waals surface area contributed by atoms with Gasteiger partial charge in [-0.15, -0.1) is 0 Å². The monoisotopic (exact) mass is 530 g/mol. The van der Waals surface area contributed by atoms with Gasteiger partial charge in [-0.2, -0.15) is 0 Å². The van der Waals surface area contributed by atoms with E-state index < -0.39 is 0 Å². The van der Waals surface area contributed by atoms with Crippen LogP contribution in [0.15, 0.2) is 75.0 Å². The van der Waals surface area contributed by atoms with Crippen molar-refractivity contribution in [1.29, 1.82) is 0 Å². The molecule has 1 amide bonds. The predicted molar refractivity (Wildman–Crippen MR) is 132 cm³/mol. The molecular weight excluding hydrogens is 515 g/mol.